The van der Waals surface area contributed by atoms with Gasteiger partial charge in [-0.1, -0.05) is 16.8 Å². The summed E-state index contributed by atoms with van der Waals surface area (Å²) in [7, 11) is 0. The number of benzene rings is 1. The predicted molar refractivity (Wildman–Crippen MR) is 85.6 cm³/mol. The topological polar surface area (TPSA) is 68.0 Å². The molecule has 2 aromatic rings. The molecular formula is C16H20ClN3O2. The molecule has 0 spiro atoms. The number of hydrogen-bond donors (Lipinski definition) is 1. The van der Waals surface area contributed by atoms with E-state index in [1.165, 1.54) is 0 Å². The molecule has 1 aromatic carbocycles. The molecule has 1 N–H and O–H groups in total. The molecule has 0 radical (unpaired) electrons. The molecule has 118 valence electrons. The Labute approximate surface area is 135 Å². The maximum atomic E-state index is 11.7. The van der Waals surface area contributed by atoms with Gasteiger partial charge in [0.25, 0.3) is 0 Å². The number of nitrogens with zero attached hydrogens (tertiary/aromatic N) is 2. The lowest BCUT2D eigenvalue weighted by Gasteiger charge is -2.20. The summed E-state index contributed by atoms with van der Waals surface area (Å²) in [5, 5.41) is 7.53. The first kappa shape index (κ1) is 16.5. The van der Waals surface area contributed by atoms with Gasteiger partial charge in [-0.05, 0) is 51.5 Å². The minimum Gasteiger partial charge on any atom is -0.352 e. The Bertz CT molecular complexity index is 630. The van der Waals surface area contributed by atoms with Crippen molar-refractivity contribution >= 4 is 17.5 Å². The third-order valence-corrected chi connectivity index (χ3v) is 3.13. The molecule has 0 bridgehead atoms. The highest BCUT2D eigenvalue weighted by atomic mass is 35.5. The first-order valence-corrected chi connectivity index (χ1v) is 7.61. The van der Waals surface area contributed by atoms with Crippen molar-refractivity contribution in [2.45, 2.75) is 45.6 Å². The summed E-state index contributed by atoms with van der Waals surface area (Å²) in [6, 6.07) is 7.25. The van der Waals surface area contributed by atoms with Crippen LogP contribution in [0.15, 0.2) is 28.8 Å². The van der Waals surface area contributed by atoms with E-state index in [1.54, 1.807) is 12.1 Å². The summed E-state index contributed by atoms with van der Waals surface area (Å²) in [5.41, 5.74) is 0.647. The van der Waals surface area contributed by atoms with Crippen molar-refractivity contribution in [1.29, 1.82) is 0 Å². The fourth-order valence-corrected chi connectivity index (χ4v) is 2.08. The average molecular weight is 322 g/mol. The van der Waals surface area contributed by atoms with Gasteiger partial charge < -0.3 is 9.84 Å². The van der Waals surface area contributed by atoms with Gasteiger partial charge in [0.15, 0.2) is 0 Å². The molecule has 0 aliphatic rings. The third kappa shape index (κ3) is 5.15. The molecule has 1 amide bonds. The largest absolute Gasteiger partial charge is 0.352 e. The molecule has 2 rings (SSSR count). The van der Waals surface area contributed by atoms with Crippen LogP contribution in [0.25, 0.3) is 11.4 Å². The quantitative estimate of drug-likeness (QED) is 0.913. The zero-order valence-corrected chi connectivity index (χ0v) is 13.8. The predicted octanol–water partition coefficient (Wildman–Crippen LogP) is 3.63. The van der Waals surface area contributed by atoms with Crippen molar-refractivity contribution in [3.8, 4) is 11.4 Å². The number of carbonyl (C=O) groups excluding carboxylic acids is 1. The highest BCUT2D eigenvalue weighted by Gasteiger charge is 2.14. The maximum Gasteiger partial charge on any atom is 0.226 e. The van der Waals surface area contributed by atoms with E-state index in [9.17, 15) is 4.79 Å². The van der Waals surface area contributed by atoms with Crippen LogP contribution in [0.1, 0.15) is 39.5 Å². The number of amides is 1. The van der Waals surface area contributed by atoms with Gasteiger partial charge in [0, 0.05) is 29.0 Å². The molecule has 6 heteroatoms. The van der Waals surface area contributed by atoms with Gasteiger partial charge in [-0.3, -0.25) is 4.79 Å². The molecule has 5 nitrogen and oxygen atoms in total. The van der Waals surface area contributed by atoms with Crippen LogP contribution in [0.3, 0.4) is 0 Å². The van der Waals surface area contributed by atoms with Gasteiger partial charge in [0.1, 0.15) is 0 Å². The zero-order chi connectivity index (χ0) is 16.2. The van der Waals surface area contributed by atoms with Crippen LogP contribution in [-0.2, 0) is 11.2 Å². The molecule has 1 aromatic heterocycles. The number of nitrogens with one attached hydrogen (secondary N) is 1. The van der Waals surface area contributed by atoms with E-state index in [-0.39, 0.29) is 11.4 Å². The first-order valence-electron chi connectivity index (χ1n) is 7.23. The average Bonchev–Trinajstić information content (AvgIpc) is 2.86. The van der Waals surface area contributed by atoms with Crippen LogP contribution < -0.4 is 5.32 Å². The number of carbonyl (C=O) groups is 1. The molecular weight excluding hydrogens is 302 g/mol. The molecule has 1 heterocycles. The second-order valence-electron chi connectivity index (χ2n) is 6.17. The summed E-state index contributed by atoms with van der Waals surface area (Å²) in [6.07, 6.45) is 1.69. The fraction of sp³-hybridized carbons (Fsp3) is 0.438. The smallest absolute Gasteiger partial charge is 0.226 e. The Morgan fingerprint density at radius 2 is 1.95 bits per heavy atom. The van der Waals surface area contributed by atoms with Gasteiger partial charge in [0.05, 0.1) is 0 Å². The van der Waals surface area contributed by atoms with Gasteiger partial charge in [-0.15, -0.1) is 0 Å². The summed E-state index contributed by atoms with van der Waals surface area (Å²) in [5.74, 6) is 1.10. The second-order valence-corrected chi connectivity index (χ2v) is 6.61. The Morgan fingerprint density at radius 1 is 1.27 bits per heavy atom. The molecule has 0 aliphatic heterocycles. The van der Waals surface area contributed by atoms with Crippen LogP contribution in [0.4, 0.5) is 0 Å². The highest BCUT2D eigenvalue weighted by molar-refractivity contribution is 6.30. The molecule has 0 fully saturated rings. The number of aromatic nitrogens is 2. The molecule has 0 saturated heterocycles. The summed E-state index contributed by atoms with van der Waals surface area (Å²) in [4.78, 5) is 16.0. The van der Waals surface area contributed by atoms with Crippen molar-refractivity contribution in [2.75, 3.05) is 0 Å². The minimum atomic E-state index is -0.205. The van der Waals surface area contributed by atoms with Gasteiger partial charge in [0.2, 0.25) is 17.6 Å². The van der Waals surface area contributed by atoms with Crippen molar-refractivity contribution < 1.29 is 9.32 Å². The van der Waals surface area contributed by atoms with E-state index in [1.807, 2.05) is 32.9 Å². The lowest BCUT2D eigenvalue weighted by Crippen LogP contribution is -2.40. The normalized spacial score (nSPS) is 11.5. The summed E-state index contributed by atoms with van der Waals surface area (Å²) < 4.78 is 5.21. The molecule has 0 saturated carbocycles. The molecule has 22 heavy (non-hydrogen) atoms. The van der Waals surface area contributed by atoms with Crippen molar-refractivity contribution in [3.63, 3.8) is 0 Å². The van der Waals surface area contributed by atoms with Crippen molar-refractivity contribution in [2.24, 2.45) is 0 Å². The standard InChI is InChI=1S/C16H20ClN3O2/c1-16(2,3)19-13(21)5-4-6-14-18-15(20-22-14)11-7-9-12(17)10-8-11/h7-10H,4-6H2,1-3H3,(H,19,21). The van der Waals surface area contributed by atoms with Gasteiger partial charge in [-0.2, -0.15) is 4.98 Å². The van der Waals surface area contributed by atoms with E-state index < -0.39 is 0 Å². The third-order valence-electron chi connectivity index (χ3n) is 2.88. The Morgan fingerprint density at radius 3 is 2.59 bits per heavy atom. The van der Waals surface area contributed by atoms with Crippen LogP contribution in [0.5, 0.6) is 0 Å². The lowest BCUT2D eigenvalue weighted by atomic mass is 10.1. The van der Waals surface area contributed by atoms with E-state index in [4.69, 9.17) is 16.1 Å². The van der Waals surface area contributed by atoms with Crippen LogP contribution in [0.2, 0.25) is 5.02 Å². The molecule has 0 aliphatic carbocycles. The van der Waals surface area contributed by atoms with Crippen LogP contribution >= 0.6 is 11.6 Å². The van der Waals surface area contributed by atoms with E-state index in [0.29, 0.717) is 36.0 Å². The monoisotopic (exact) mass is 321 g/mol. The second kappa shape index (κ2) is 6.92. The number of halogens is 1. The minimum absolute atomic E-state index is 0.0324. The van der Waals surface area contributed by atoms with E-state index >= 15 is 0 Å². The van der Waals surface area contributed by atoms with Gasteiger partial charge in [-0.25, -0.2) is 0 Å². The SMILES string of the molecule is CC(C)(C)NC(=O)CCCc1nc(-c2ccc(Cl)cc2)no1. The molecule has 0 atom stereocenters. The maximum absolute atomic E-state index is 11.7. The van der Waals surface area contributed by atoms with Crippen molar-refractivity contribution in [3.05, 3.63) is 35.2 Å². The molecule has 0 unspecified atom stereocenters. The number of rotatable bonds is 5. The highest BCUT2D eigenvalue weighted by Crippen LogP contribution is 2.19. The lowest BCUT2D eigenvalue weighted by molar-refractivity contribution is -0.122. The number of hydrogen-bond acceptors (Lipinski definition) is 4. The van der Waals surface area contributed by atoms with E-state index in [0.717, 1.165) is 5.56 Å². The van der Waals surface area contributed by atoms with Crippen LogP contribution in [0, 0.1) is 0 Å². The summed E-state index contributed by atoms with van der Waals surface area (Å²) >= 11 is 5.85. The zero-order valence-electron chi connectivity index (χ0n) is 13.0. The Balaban J connectivity index is 1.85. The van der Waals surface area contributed by atoms with Gasteiger partial charge >= 0.3 is 0 Å². The van der Waals surface area contributed by atoms with E-state index in [2.05, 4.69) is 15.5 Å². The first-order chi connectivity index (χ1) is 10.3. The Hall–Kier alpha value is -1.88. The summed E-state index contributed by atoms with van der Waals surface area (Å²) in [6.45, 7) is 5.88. The number of aryl methyl sites for hydroxylation is 1. The Kier molecular flexibility index (Phi) is 5.19. The fourth-order valence-electron chi connectivity index (χ4n) is 1.95. The van der Waals surface area contributed by atoms with Crippen molar-refractivity contribution in [1.82, 2.24) is 15.5 Å². The van der Waals surface area contributed by atoms with Crippen LogP contribution in [-0.4, -0.2) is 21.6 Å².